The maximum Gasteiger partial charge on any atom is 0.246 e. The van der Waals surface area contributed by atoms with Crippen LogP contribution in [0.25, 0.3) is 6.08 Å². The molecule has 29 heavy (non-hydrogen) atoms. The maximum absolute atomic E-state index is 12.7. The molecule has 1 saturated heterocycles. The number of benzene rings is 1. The van der Waals surface area contributed by atoms with Gasteiger partial charge in [0.2, 0.25) is 5.91 Å². The lowest BCUT2D eigenvalue weighted by Gasteiger charge is -2.25. The number of likely N-dealkylation sites (N-methyl/N-ethyl adjacent to an activating group) is 1. The second-order valence-corrected chi connectivity index (χ2v) is 9.98. The quantitative estimate of drug-likeness (QED) is 0.653. The fourth-order valence-corrected chi connectivity index (χ4v) is 5.69. The number of aryl methyl sites for hydroxylation is 1. The van der Waals surface area contributed by atoms with Crippen molar-refractivity contribution in [2.75, 3.05) is 18.1 Å². The summed E-state index contributed by atoms with van der Waals surface area (Å²) in [5.74, 6) is 0.0270. The summed E-state index contributed by atoms with van der Waals surface area (Å²) in [4.78, 5) is 14.3. The summed E-state index contributed by atoms with van der Waals surface area (Å²) >= 11 is 6.26. The van der Waals surface area contributed by atoms with E-state index in [0.29, 0.717) is 24.5 Å². The van der Waals surface area contributed by atoms with E-state index in [1.165, 1.54) is 6.08 Å². The van der Waals surface area contributed by atoms with Crippen LogP contribution in [0.1, 0.15) is 35.9 Å². The van der Waals surface area contributed by atoms with E-state index < -0.39 is 9.84 Å². The van der Waals surface area contributed by atoms with E-state index in [1.54, 1.807) is 11.0 Å². The SMILES string of the molecule is CCN(C(=O)/C=C/c1c(C)nn(Cc2ccccc2Cl)c1C)C1CCS(=O)(=O)C1. The van der Waals surface area contributed by atoms with Gasteiger partial charge < -0.3 is 4.90 Å². The van der Waals surface area contributed by atoms with Crippen LogP contribution in [0.2, 0.25) is 5.02 Å². The number of carbonyl (C=O) groups excluding carboxylic acids is 1. The lowest BCUT2D eigenvalue weighted by atomic mass is 10.1. The fraction of sp³-hybridized carbons (Fsp3) is 0.429. The summed E-state index contributed by atoms with van der Waals surface area (Å²) in [5, 5.41) is 5.28. The number of sulfone groups is 1. The van der Waals surface area contributed by atoms with Gasteiger partial charge in [0.25, 0.3) is 0 Å². The van der Waals surface area contributed by atoms with E-state index in [1.807, 2.05) is 49.7 Å². The van der Waals surface area contributed by atoms with E-state index in [-0.39, 0.29) is 23.5 Å². The fourth-order valence-electron chi connectivity index (χ4n) is 3.76. The minimum Gasteiger partial charge on any atom is -0.335 e. The Morgan fingerprint density at radius 1 is 1.34 bits per heavy atom. The van der Waals surface area contributed by atoms with Gasteiger partial charge in [-0.2, -0.15) is 5.10 Å². The van der Waals surface area contributed by atoms with Gasteiger partial charge in [0.1, 0.15) is 0 Å². The third-order valence-electron chi connectivity index (χ3n) is 5.38. The predicted octanol–water partition coefficient (Wildman–Crippen LogP) is 3.25. The van der Waals surface area contributed by atoms with Crippen molar-refractivity contribution in [1.82, 2.24) is 14.7 Å². The van der Waals surface area contributed by atoms with Crippen molar-refractivity contribution in [3.05, 3.63) is 57.9 Å². The van der Waals surface area contributed by atoms with Crippen LogP contribution in [0.5, 0.6) is 0 Å². The molecule has 1 aliphatic rings. The second kappa shape index (κ2) is 8.71. The van der Waals surface area contributed by atoms with Gasteiger partial charge in [-0.15, -0.1) is 0 Å². The van der Waals surface area contributed by atoms with E-state index in [0.717, 1.165) is 22.5 Å². The van der Waals surface area contributed by atoms with Gasteiger partial charge in [0.15, 0.2) is 9.84 Å². The Morgan fingerprint density at radius 3 is 2.69 bits per heavy atom. The lowest BCUT2D eigenvalue weighted by molar-refractivity contribution is -0.127. The minimum absolute atomic E-state index is 0.0498. The highest BCUT2D eigenvalue weighted by molar-refractivity contribution is 7.91. The Balaban J connectivity index is 1.77. The molecule has 0 aliphatic carbocycles. The number of carbonyl (C=O) groups is 1. The highest BCUT2D eigenvalue weighted by Gasteiger charge is 2.33. The zero-order chi connectivity index (χ0) is 21.2. The molecule has 2 aromatic rings. The average molecular weight is 436 g/mol. The molecular formula is C21H26ClN3O3S. The van der Waals surface area contributed by atoms with Crippen LogP contribution in [-0.2, 0) is 21.2 Å². The van der Waals surface area contributed by atoms with Crippen LogP contribution in [0.4, 0.5) is 0 Å². The molecule has 8 heteroatoms. The molecule has 0 spiro atoms. The molecule has 1 aromatic heterocycles. The Hall–Kier alpha value is -2.12. The number of rotatable bonds is 6. The van der Waals surface area contributed by atoms with Gasteiger partial charge in [-0.1, -0.05) is 29.8 Å². The van der Waals surface area contributed by atoms with E-state index in [2.05, 4.69) is 5.10 Å². The largest absolute Gasteiger partial charge is 0.335 e. The van der Waals surface area contributed by atoms with Crippen molar-refractivity contribution in [2.24, 2.45) is 0 Å². The summed E-state index contributed by atoms with van der Waals surface area (Å²) in [6.45, 7) is 6.76. The average Bonchev–Trinajstić information content (AvgIpc) is 3.15. The number of aromatic nitrogens is 2. The number of amides is 1. The monoisotopic (exact) mass is 435 g/mol. The van der Waals surface area contributed by atoms with E-state index >= 15 is 0 Å². The van der Waals surface area contributed by atoms with Crippen LogP contribution in [0, 0.1) is 13.8 Å². The van der Waals surface area contributed by atoms with Gasteiger partial charge in [0, 0.05) is 34.9 Å². The molecule has 1 fully saturated rings. The van der Waals surface area contributed by atoms with Gasteiger partial charge >= 0.3 is 0 Å². The van der Waals surface area contributed by atoms with Crippen molar-refractivity contribution >= 4 is 33.4 Å². The van der Waals surface area contributed by atoms with Crippen molar-refractivity contribution in [1.29, 1.82) is 0 Å². The van der Waals surface area contributed by atoms with Crippen molar-refractivity contribution in [2.45, 2.75) is 39.8 Å². The number of hydrogen-bond acceptors (Lipinski definition) is 4. The summed E-state index contributed by atoms with van der Waals surface area (Å²) in [6, 6.07) is 7.40. The van der Waals surface area contributed by atoms with Crippen LogP contribution in [-0.4, -0.2) is 53.1 Å². The van der Waals surface area contributed by atoms with Crippen LogP contribution >= 0.6 is 11.6 Å². The van der Waals surface area contributed by atoms with Crippen molar-refractivity contribution in [3.63, 3.8) is 0 Å². The van der Waals surface area contributed by atoms with Crippen LogP contribution in [0.3, 0.4) is 0 Å². The van der Waals surface area contributed by atoms with Gasteiger partial charge in [0.05, 0.1) is 23.7 Å². The first kappa shape index (κ1) is 21.6. The number of halogens is 1. The first-order chi connectivity index (χ1) is 13.7. The molecule has 1 unspecified atom stereocenters. The van der Waals surface area contributed by atoms with Gasteiger partial charge in [-0.3, -0.25) is 9.48 Å². The van der Waals surface area contributed by atoms with Gasteiger partial charge in [-0.05, 0) is 44.9 Å². The normalized spacial score (nSPS) is 18.4. The maximum atomic E-state index is 12.7. The highest BCUT2D eigenvalue weighted by atomic mass is 35.5. The minimum atomic E-state index is -3.04. The lowest BCUT2D eigenvalue weighted by Crippen LogP contribution is -2.40. The Labute approximate surface area is 177 Å². The third kappa shape index (κ3) is 4.90. The molecule has 0 radical (unpaired) electrons. The zero-order valence-corrected chi connectivity index (χ0v) is 18.5. The summed E-state index contributed by atoms with van der Waals surface area (Å²) in [7, 11) is -3.04. The Morgan fingerprint density at radius 2 is 2.07 bits per heavy atom. The topological polar surface area (TPSA) is 72.3 Å². The molecular weight excluding hydrogens is 410 g/mol. The number of hydrogen-bond donors (Lipinski definition) is 0. The van der Waals surface area contributed by atoms with Crippen LogP contribution < -0.4 is 0 Å². The summed E-state index contributed by atoms with van der Waals surface area (Å²) in [6.07, 6.45) is 3.80. The Kier molecular flexibility index (Phi) is 6.49. The highest BCUT2D eigenvalue weighted by Crippen LogP contribution is 2.21. The molecule has 3 rings (SSSR count). The number of nitrogens with zero attached hydrogens (tertiary/aromatic N) is 3. The standard InChI is InChI=1S/C21H26ClN3O3S/c1-4-24(18-11-12-29(27,28)14-18)21(26)10-9-19-15(2)23-25(16(19)3)13-17-7-5-6-8-20(17)22/h5-10,18H,4,11-14H2,1-3H3/b10-9+. The molecule has 0 saturated carbocycles. The first-order valence-corrected chi connectivity index (χ1v) is 11.9. The molecule has 1 aliphatic heterocycles. The third-order valence-corrected chi connectivity index (χ3v) is 7.50. The summed E-state index contributed by atoms with van der Waals surface area (Å²) in [5.41, 5.74) is 3.63. The first-order valence-electron chi connectivity index (χ1n) is 9.68. The predicted molar refractivity (Wildman–Crippen MR) is 116 cm³/mol. The molecule has 0 bridgehead atoms. The molecule has 1 amide bonds. The molecule has 2 heterocycles. The zero-order valence-electron chi connectivity index (χ0n) is 16.9. The molecule has 1 aromatic carbocycles. The van der Waals surface area contributed by atoms with Crippen LogP contribution in [0.15, 0.2) is 30.3 Å². The molecule has 0 N–H and O–H groups in total. The second-order valence-electron chi connectivity index (χ2n) is 7.35. The molecule has 156 valence electrons. The smallest absolute Gasteiger partial charge is 0.246 e. The Bertz CT molecular complexity index is 1040. The van der Waals surface area contributed by atoms with E-state index in [9.17, 15) is 13.2 Å². The summed E-state index contributed by atoms with van der Waals surface area (Å²) < 4.78 is 25.4. The molecule has 6 nitrogen and oxygen atoms in total. The van der Waals surface area contributed by atoms with Crippen molar-refractivity contribution in [3.8, 4) is 0 Å². The van der Waals surface area contributed by atoms with E-state index in [4.69, 9.17) is 11.6 Å². The molecule has 1 atom stereocenters. The van der Waals surface area contributed by atoms with Gasteiger partial charge in [-0.25, -0.2) is 8.42 Å². The van der Waals surface area contributed by atoms with Crippen molar-refractivity contribution < 1.29 is 13.2 Å².